The van der Waals surface area contributed by atoms with Gasteiger partial charge in [0.05, 0.1) is 11.8 Å². The third-order valence-corrected chi connectivity index (χ3v) is 9.88. The SMILES string of the molecule is C[SiH](CCCCC1C=CCC(C(=O)O)C1C(=O)O)O[Si](C)(C)C. The summed E-state index contributed by atoms with van der Waals surface area (Å²) >= 11 is 0. The van der Waals surface area contributed by atoms with Gasteiger partial charge < -0.3 is 14.3 Å². The molecule has 0 aromatic carbocycles. The van der Waals surface area contributed by atoms with Gasteiger partial charge in [-0.3, -0.25) is 9.59 Å². The Balaban J connectivity index is 2.46. The highest BCUT2D eigenvalue weighted by Crippen LogP contribution is 2.34. The molecular weight excluding hydrogens is 328 g/mol. The topological polar surface area (TPSA) is 83.8 Å². The zero-order chi connectivity index (χ0) is 17.6. The molecule has 5 nitrogen and oxygen atoms in total. The van der Waals surface area contributed by atoms with E-state index in [4.69, 9.17) is 4.12 Å². The molecule has 4 atom stereocenters. The predicted molar refractivity (Wildman–Crippen MR) is 95.6 cm³/mol. The maximum Gasteiger partial charge on any atom is 0.307 e. The van der Waals surface area contributed by atoms with Crippen molar-refractivity contribution < 1.29 is 23.9 Å². The fourth-order valence-corrected chi connectivity index (χ4v) is 9.49. The number of carbonyl (C=O) groups is 2. The molecule has 0 spiro atoms. The van der Waals surface area contributed by atoms with Gasteiger partial charge in [0.2, 0.25) is 0 Å². The van der Waals surface area contributed by atoms with Crippen LogP contribution in [-0.2, 0) is 13.7 Å². The summed E-state index contributed by atoms with van der Waals surface area (Å²) in [5.41, 5.74) is 0. The number of hydrogen-bond donors (Lipinski definition) is 2. The fraction of sp³-hybridized carbons (Fsp3) is 0.750. The largest absolute Gasteiger partial charge is 0.481 e. The summed E-state index contributed by atoms with van der Waals surface area (Å²) in [5.74, 6) is -3.76. The number of aliphatic carboxylic acids is 2. The van der Waals surface area contributed by atoms with Crippen molar-refractivity contribution in [3.8, 4) is 0 Å². The van der Waals surface area contributed by atoms with Crippen LogP contribution in [0.1, 0.15) is 25.7 Å². The highest BCUT2D eigenvalue weighted by molar-refractivity contribution is 6.77. The van der Waals surface area contributed by atoms with E-state index >= 15 is 0 Å². The molecule has 2 N–H and O–H groups in total. The van der Waals surface area contributed by atoms with E-state index in [2.05, 4.69) is 26.2 Å². The van der Waals surface area contributed by atoms with Gasteiger partial charge in [-0.1, -0.05) is 25.0 Å². The number of carboxylic acids is 2. The lowest BCUT2D eigenvalue weighted by atomic mass is 9.74. The summed E-state index contributed by atoms with van der Waals surface area (Å²) < 4.78 is 6.13. The minimum atomic E-state index is -1.45. The van der Waals surface area contributed by atoms with Gasteiger partial charge in [-0.2, -0.15) is 0 Å². The molecule has 23 heavy (non-hydrogen) atoms. The van der Waals surface area contributed by atoms with Crippen molar-refractivity contribution in [1.82, 2.24) is 0 Å². The van der Waals surface area contributed by atoms with Crippen LogP contribution < -0.4 is 0 Å². The second-order valence-electron chi connectivity index (χ2n) is 7.46. The normalized spacial score (nSPS) is 26.0. The fourth-order valence-electron chi connectivity index (χ4n) is 3.32. The minimum absolute atomic E-state index is 0.169. The molecular formula is C16H30O5Si2. The minimum Gasteiger partial charge on any atom is -0.481 e. The highest BCUT2D eigenvalue weighted by atomic mass is 28.4. The zero-order valence-electron chi connectivity index (χ0n) is 14.6. The summed E-state index contributed by atoms with van der Waals surface area (Å²) in [6.45, 7) is 8.83. The van der Waals surface area contributed by atoms with Crippen LogP contribution in [0, 0.1) is 17.8 Å². The average molecular weight is 359 g/mol. The van der Waals surface area contributed by atoms with Crippen LogP contribution in [0.15, 0.2) is 12.2 Å². The average Bonchev–Trinajstić information content (AvgIpc) is 2.41. The molecule has 132 valence electrons. The van der Waals surface area contributed by atoms with E-state index in [9.17, 15) is 19.8 Å². The second kappa shape index (κ2) is 8.79. The summed E-state index contributed by atoms with van der Waals surface area (Å²) in [5, 5.41) is 18.6. The summed E-state index contributed by atoms with van der Waals surface area (Å²) in [6.07, 6.45) is 6.75. The zero-order valence-corrected chi connectivity index (χ0v) is 16.8. The Morgan fingerprint density at radius 1 is 1.22 bits per heavy atom. The molecule has 4 unspecified atom stereocenters. The van der Waals surface area contributed by atoms with Crippen LogP contribution in [0.25, 0.3) is 0 Å². The Hall–Kier alpha value is -0.926. The van der Waals surface area contributed by atoms with Crippen LogP contribution in [0.4, 0.5) is 0 Å². The molecule has 0 aromatic heterocycles. The Bertz CT molecular complexity index is 444. The van der Waals surface area contributed by atoms with E-state index in [1.807, 2.05) is 12.2 Å². The van der Waals surface area contributed by atoms with Crippen molar-refractivity contribution in [3.05, 3.63) is 12.2 Å². The molecule has 0 aromatic rings. The van der Waals surface area contributed by atoms with Gasteiger partial charge in [-0.05, 0) is 51.0 Å². The first-order valence-corrected chi connectivity index (χ1v) is 14.3. The van der Waals surface area contributed by atoms with E-state index < -0.39 is 41.1 Å². The Morgan fingerprint density at radius 3 is 2.39 bits per heavy atom. The van der Waals surface area contributed by atoms with Gasteiger partial charge in [-0.15, -0.1) is 0 Å². The Labute approximate surface area is 141 Å². The monoisotopic (exact) mass is 358 g/mol. The molecule has 0 saturated heterocycles. The molecule has 0 aliphatic heterocycles. The van der Waals surface area contributed by atoms with E-state index in [0.29, 0.717) is 6.42 Å². The predicted octanol–water partition coefficient (Wildman–Crippen LogP) is 3.34. The van der Waals surface area contributed by atoms with Gasteiger partial charge in [0.25, 0.3) is 0 Å². The molecule has 1 aliphatic carbocycles. The van der Waals surface area contributed by atoms with E-state index in [-0.39, 0.29) is 5.92 Å². The molecule has 0 fully saturated rings. The van der Waals surface area contributed by atoms with Crippen molar-refractivity contribution >= 4 is 29.3 Å². The molecule has 1 rings (SSSR count). The first-order valence-electron chi connectivity index (χ1n) is 8.42. The summed E-state index contributed by atoms with van der Waals surface area (Å²) in [4.78, 5) is 22.7. The first-order chi connectivity index (χ1) is 10.6. The third-order valence-electron chi connectivity index (χ3n) is 4.22. The van der Waals surface area contributed by atoms with Crippen LogP contribution in [0.5, 0.6) is 0 Å². The van der Waals surface area contributed by atoms with Gasteiger partial charge in [0.15, 0.2) is 17.4 Å². The molecule has 7 heteroatoms. The first kappa shape index (κ1) is 20.1. The lowest BCUT2D eigenvalue weighted by Crippen LogP contribution is -2.36. The van der Waals surface area contributed by atoms with Crippen LogP contribution in [0.2, 0.25) is 32.2 Å². The van der Waals surface area contributed by atoms with Gasteiger partial charge in [0, 0.05) is 0 Å². The summed E-state index contributed by atoms with van der Waals surface area (Å²) in [6, 6.07) is 1.10. The second-order valence-corrected chi connectivity index (χ2v) is 14.8. The van der Waals surface area contributed by atoms with Crippen molar-refractivity contribution in [1.29, 1.82) is 0 Å². The number of hydrogen-bond acceptors (Lipinski definition) is 3. The van der Waals surface area contributed by atoms with Gasteiger partial charge in [0.1, 0.15) is 0 Å². The maximum absolute atomic E-state index is 11.5. The van der Waals surface area contributed by atoms with Gasteiger partial charge >= 0.3 is 11.9 Å². The Kier molecular flexibility index (Phi) is 7.69. The third kappa shape index (κ3) is 7.01. The van der Waals surface area contributed by atoms with Crippen LogP contribution >= 0.6 is 0 Å². The highest BCUT2D eigenvalue weighted by Gasteiger charge is 2.39. The van der Waals surface area contributed by atoms with E-state index in [1.165, 1.54) is 0 Å². The molecule has 0 heterocycles. The number of allylic oxidation sites excluding steroid dienone is 2. The van der Waals surface area contributed by atoms with Crippen molar-refractivity contribution in [2.24, 2.45) is 17.8 Å². The lowest BCUT2D eigenvalue weighted by molar-refractivity contribution is -0.155. The van der Waals surface area contributed by atoms with Crippen molar-refractivity contribution in [3.63, 3.8) is 0 Å². The molecule has 0 amide bonds. The van der Waals surface area contributed by atoms with Crippen LogP contribution in [0.3, 0.4) is 0 Å². The smallest absolute Gasteiger partial charge is 0.307 e. The standard InChI is InChI=1S/C16H30O5Si2/c1-22(21-23(2,3)4)11-6-5-8-12-9-7-10-13(15(17)18)14(12)16(19)20/h7,9,12-14,22H,5-6,8,10-11H2,1-4H3,(H,17,18)(H,19,20). The van der Waals surface area contributed by atoms with E-state index in [1.54, 1.807) is 0 Å². The lowest BCUT2D eigenvalue weighted by Gasteiger charge is -2.29. The van der Waals surface area contributed by atoms with Crippen LogP contribution in [-0.4, -0.2) is 39.5 Å². The molecule has 0 bridgehead atoms. The molecule has 0 saturated carbocycles. The quantitative estimate of drug-likeness (QED) is 0.375. The number of rotatable bonds is 9. The molecule has 1 aliphatic rings. The Morgan fingerprint density at radius 2 is 1.87 bits per heavy atom. The number of carboxylic acid groups (broad SMARTS) is 2. The van der Waals surface area contributed by atoms with E-state index in [0.717, 1.165) is 25.3 Å². The summed E-state index contributed by atoms with van der Waals surface area (Å²) in [7, 11) is -2.58. The van der Waals surface area contributed by atoms with Crippen molar-refractivity contribution in [2.45, 2.75) is 57.9 Å². The number of unbranched alkanes of at least 4 members (excludes halogenated alkanes) is 1. The van der Waals surface area contributed by atoms with Gasteiger partial charge in [-0.25, -0.2) is 0 Å². The van der Waals surface area contributed by atoms with Crippen molar-refractivity contribution in [2.75, 3.05) is 0 Å². The maximum atomic E-state index is 11.5. The molecule has 0 radical (unpaired) electrons.